The highest BCUT2D eigenvalue weighted by atomic mass is 79.9. The van der Waals surface area contributed by atoms with Gasteiger partial charge in [0.25, 0.3) is 0 Å². The molecule has 0 fully saturated rings. The molecule has 1 N–H and O–H groups in total. The molecular weight excluding hydrogens is 300 g/mol. The minimum atomic E-state index is 0.145. The van der Waals surface area contributed by atoms with Crippen LogP contribution in [0.2, 0.25) is 0 Å². The first-order valence-corrected chi connectivity index (χ1v) is 6.03. The molecule has 0 bridgehead atoms. The molecule has 0 saturated heterocycles. The average Bonchev–Trinajstić information content (AvgIpc) is 2.40. The second kappa shape index (κ2) is 4.94. The van der Waals surface area contributed by atoms with Gasteiger partial charge in [-0.1, -0.05) is 0 Å². The number of phenols is 1. The van der Waals surface area contributed by atoms with Crippen LogP contribution in [0.3, 0.4) is 0 Å². The molecule has 18 heavy (non-hydrogen) atoms. The van der Waals surface area contributed by atoms with Crippen molar-refractivity contribution in [3.05, 3.63) is 22.7 Å². The number of rotatable bonds is 3. The normalized spacial score (nSPS) is 10.4. The van der Waals surface area contributed by atoms with Crippen LogP contribution in [0.15, 0.2) is 22.7 Å². The molecule has 0 saturated carbocycles. The van der Waals surface area contributed by atoms with E-state index in [4.69, 9.17) is 14.2 Å². The maximum Gasteiger partial charge on any atom is 0.203 e. The molecule has 0 spiro atoms. The monoisotopic (exact) mass is 312 g/mol. The second-order valence-corrected chi connectivity index (χ2v) is 4.49. The Morgan fingerprint density at radius 3 is 2.17 bits per heavy atom. The van der Waals surface area contributed by atoms with E-state index in [-0.39, 0.29) is 5.75 Å². The van der Waals surface area contributed by atoms with Crippen molar-refractivity contribution in [3.8, 4) is 23.0 Å². The summed E-state index contributed by atoms with van der Waals surface area (Å²) in [6.07, 6.45) is 0. The predicted molar refractivity (Wildman–Crippen MR) is 73.0 cm³/mol. The molecule has 2 aromatic rings. The number of halogens is 1. The molecular formula is C13H13BrO4. The highest BCUT2D eigenvalue weighted by molar-refractivity contribution is 9.10. The van der Waals surface area contributed by atoms with Gasteiger partial charge in [0, 0.05) is 10.8 Å². The number of hydrogen-bond donors (Lipinski definition) is 1. The van der Waals surface area contributed by atoms with Crippen LogP contribution < -0.4 is 14.2 Å². The summed E-state index contributed by atoms with van der Waals surface area (Å²) in [6.45, 7) is 0. The minimum absolute atomic E-state index is 0.145. The molecule has 5 heteroatoms. The van der Waals surface area contributed by atoms with E-state index in [2.05, 4.69) is 15.9 Å². The molecule has 0 unspecified atom stereocenters. The third-order valence-electron chi connectivity index (χ3n) is 2.75. The van der Waals surface area contributed by atoms with Gasteiger partial charge in [-0.25, -0.2) is 0 Å². The van der Waals surface area contributed by atoms with Crippen LogP contribution in [0.25, 0.3) is 10.8 Å². The maximum atomic E-state index is 10.1. The Labute approximate surface area is 113 Å². The van der Waals surface area contributed by atoms with Crippen LogP contribution >= 0.6 is 15.9 Å². The zero-order valence-corrected chi connectivity index (χ0v) is 11.9. The van der Waals surface area contributed by atoms with Crippen LogP contribution in [0.1, 0.15) is 0 Å². The molecule has 2 aromatic carbocycles. The van der Waals surface area contributed by atoms with Crippen LogP contribution in [0.4, 0.5) is 0 Å². The highest BCUT2D eigenvalue weighted by Gasteiger charge is 2.18. The molecule has 0 aromatic heterocycles. The summed E-state index contributed by atoms with van der Waals surface area (Å²) in [5.41, 5.74) is 0. The summed E-state index contributed by atoms with van der Waals surface area (Å²) in [7, 11) is 4.64. The fraction of sp³-hybridized carbons (Fsp3) is 0.231. The number of phenolic OH excluding ortho intramolecular Hbond substituents is 1. The van der Waals surface area contributed by atoms with Crippen molar-refractivity contribution < 1.29 is 19.3 Å². The van der Waals surface area contributed by atoms with E-state index >= 15 is 0 Å². The van der Waals surface area contributed by atoms with Crippen molar-refractivity contribution in [1.82, 2.24) is 0 Å². The fourth-order valence-corrected chi connectivity index (χ4v) is 2.25. The lowest BCUT2D eigenvalue weighted by molar-refractivity contribution is 0.327. The van der Waals surface area contributed by atoms with Gasteiger partial charge in [-0.3, -0.25) is 0 Å². The third kappa shape index (κ3) is 1.84. The van der Waals surface area contributed by atoms with E-state index < -0.39 is 0 Å². The molecule has 0 aliphatic heterocycles. The first-order chi connectivity index (χ1) is 8.63. The Kier molecular flexibility index (Phi) is 3.52. The van der Waals surface area contributed by atoms with Gasteiger partial charge < -0.3 is 19.3 Å². The molecule has 96 valence electrons. The molecule has 0 aliphatic carbocycles. The van der Waals surface area contributed by atoms with E-state index in [1.165, 1.54) is 7.11 Å². The lowest BCUT2D eigenvalue weighted by atomic mass is 10.1. The molecule has 4 nitrogen and oxygen atoms in total. The van der Waals surface area contributed by atoms with Gasteiger partial charge in [0.05, 0.1) is 25.8 Å². The summed E-state index contributed by atoms with van der Waals surface area (Å²) < 4.78 is 16.5. The maximum absolute atomic E-state index is 10.1. The molecule has 0 amide bonds. The number of fused-ring (bicyclic) bond motifs is 1. The quantitative estimate of drug-likeness (QED) is 0.944. The van der Waals surface area contributed by atoms with Crippen molar-refractivity contribution in [2.45, 2.75) is 0 Å². The van der Waals surface area contributed by atoms with Crippen LogP contribution in [0.5, 0.6) is 23.0 Å². The minimum Gasteiger partial charge on any atom is -0.506 e. The molecule has 2 rings (SSSR count). The highest BCUT2D eigenvalue weighted by Crippen LogP contribution is 2.46. The smallest absolute Gasteiger partial charge is 0.203 e. The van der Waals surface area contributed by atoms with Gasteiger partial charge in [-0.2, -0.15) is 0 Å². The van der Waals surface area contributed by atoms with Crippen molar-refractivity contribution in [2.75, 3.05) is 21.3 Å². The van der Waals surface area contributed by atoms with E-state index in [1.807, 2.05) is 6.07 Å². The zero-order valence-electron chi connectivity index (χ0n) is 10.3. The Hall–Kier alpha value is -1.62. The lowest BCUT2D eigenvalue weighted by Gasteiger charge is -2.15. The van der Waals surface area contributed by atoms with E-state index in [1.54, 1.807) is 26.4 Å². The standard InChI is InChI=1S/C13H13BrO4/c1-16-10-6-8-7(4-5-9(14)11(8)15)12(17-2)13(10)18-3/h4-6,15H,1-3H3. The summed E-state index contributed by atoms with van der Waals surface area (Å²) in [5.74, 6) is 1.70. The third-order valence-corrected chi connectivity index (χ3v) is 3.39. The first-order valence-electron chi connectivity index (χ1n) is 5.24. The van der Waals surface area contributed by atoms with Crippen LogP contribution in [-0.4, -0.2) is 26.4 Å². The van der Waals surface area contributed by atoms with Crippen molar-refractivity contribution >= 4 is 26.7 Å². The Morgan fingerprint density at radius 1 is 0.944 bits per heavy atom. The SMILES string of the molecule is COc1cc2c(O)c(Br)ccc2c(OC)c1OC. The Bertz CT molecular complexity index is 595. The Balaban J connectivity index is 2.91. The number of aromatic hydroxyl groups is 1. The molecule has 0 heterocycles. The van der Waals surface area contributed by atoms with E-state index in [9.17, 15) is 5.11 Å². The molecule has 0 atom stereocenters. The van der Waals surface area contributed by atoms with Gasteiger partial charge in [0.15, 0.2) is 11.5 Å². The zero-order chi connectivity index (χ0) is 13.3. The summed E-state index contributed by atoms with van der Waals surface area (Å²) >= 11 is 3.28. The van der Waals surface area contributed by atoms with Crippen molar-refractivity contribution in [3.63, 3.8) is 0 Å². The topological polar surface area (TPSA) is 47.9 Å². The van der Waals surface area contributed by atoms with Gasteiger partial charge in [-0.05, 0) is 34.1 Å². The largest absolute Gasteiger partial charge is 0.506 e. The van der Waals surface area contributed by atoms with Gasteiger partial charge in [0.1, 0.15) is 5.75 Å². The van der Waals surface area contributed by atoms with Gasteiger partial charge in [0.2, 0.25) is 5.75 Å². The lowest BCUT2D eigenvalue weighted by Crippen LogP contribution is -1.96. The first kappa shape index (κ1) is 12.8. The summed E-state index contributed by atoms with van der Waals surface area (Å²) in [6, 6.07) is 5.32. The predicted octanol–water partition coefficient (Wildman–Crippen LogP) is 3.33. The van der Waals surface area contributed by atoms with E-state index in [0.717, 1.165) is 5.39 Å². The van der Waals surface area contributed by atoms with Gasteiger partial charge in [-0.15, -0.1) is 0 Å². The average molecular weight is 313 g/mol. The van der Waals surface area contributed by atoms with Crippen molar-refractivity contribution in [1.29, 1.82) is 0 Å². The van der Waals surface area contributed by atoms with Gasteiger partial charge >= 0.3 is 0 Å². The van der Waals surface area contributed by atoms with Crippen LogP contribution in [-0.2, 0) is 0 Å². The summed E-state index contributed by atoms with van der Waals surface area (Å²) in [4.78, 5) is 0. The molecule has 0 aliphatic rings. The number of ether oxygens (including phenoxy) is 3. The number of benzene rings is 2. The second-order valence-electron chi connectivity index (χ2n) is 3.64. The Morgan fingerprint density at radius 2 is 1.61 bits per heavy atom. The van der Waals surface area contributed by atoms with Crippen LogP contribution in [0, 0.1) is 0 Å². The summed E-state index contributed by atoms with van der Waals surface area (Å²) in [5, 5.41) is 11.5. The molecule has 0 radical (unpaired) electrons. The number of methoxy groups -OCH3 is 3. The number of hydrogen-bond acceptors (Lipinski definition) is 4. The fourth-order valence-electron chi connectivity index (χ4n) is 1.90. The van der Waals surface area contributed by atoms with E-state index in [0.29, 0.717) is 27.1 Å². The van der Waals surface area contributed by atoms with Crippen molar-refractivity contribution in [2.24, 2.45) is 0 Å².